The predicted octanol–water partition coefficient (Wildman–Crippen LogP) is 1.34. The lowest BCUT2D eigenvalue weighted by molar-refractivity contribution is -0.125. The molecule has 4 heteroatoms. The molecule has 0 aromatic heterocycles. The third kappa shape index (κ3) is 3.47. The quantitative estimate of drug-likeness (QED) is 0.859. The van der Waals surface area contributed by atoms with Crippen LogP contribution in [0.5, 0.6) is 0 Å². The number of likely N-dealkylation sites (N-methyl/N-ethyl adjacent to an activating group) is 1. The van der Waals surface area contributed by atoms with Crippen LogP contribution >= 0.6 is 0 Å². The summed E-state index contributed by atoms with van der Waals surface area (Å²) in [6, 6.07) is 8.39. The molecule has 0 saturated heterocycles. The average molecular weight is 261 g/mol. The van der Waals surface area contributed by atoms with E-state index in [2.05, 4.69) is 34.6 Å². The highest BCUT2D eigenvalue weighted by molar-refractivity contribution is 5.81. The number of amides is 1. The number of fused-ring (bicyclic) bond motifs is 1. The Kier molecular flexibility index (Phi) is 4.43. The Bertz CT molecular complexity index is 445. The zero-order valence-electron chi connectivity index (χ0n) is 11.9. The second kappa shape index (κ2) is 6.06. The lowest BCUT2D eigenvalue weighted by Gasteiger charge is -2.31. The molecular formula is C15H23N3O. The maximum Gasteiger partial charge on any atom is 0.225 e. The maximum atomic E-state index is 12.2. The molecule has 0 saturated carbocycles. The average Bonchev–Trinajstić information content (AvgIpc) is 2.37. The number of anilines is 1. The monoisotopic (exact) mass is 261 g/mol. The van der Waals surface area contributed by atoms with Crippen LogP contribution in [0.4, 0.5) is 5.69 Å². The lowest BCUT2D eigenvalue weighted by atomic mass is 9.87. The molecule has 1 amide bonds. The molecule has 2 N–H and O–H groups in total. The first-order chi connectivity index (χ1) is 9.08. The van der Waals surface area contributed by atoms with Crippen molar-refractivity contribution in [2.45, 2.75) is 19.4 Å². The fraction of sp³-hybridized carbons (Fsp3) is 0.533. The van der Waals surface area contributed by atoms with Gasteiger partial charge in [-0.3, -0.25) is 4.79 Å². The number of nitrogens with zero attached hydrogens (tertiary/aromatic N) is 1. The van der Waals surface area contributed by atoms with Crippen LogP contribution in [0, 0.1) is 5.92 Å². The fourth-order valence-electron chi connectivity index (χ4n) is 2.45. The van der Waals surface area contributed by atoms with Gasteiger partial charge >= 0.3 is 0 Å². The number of hydrogen-bond donors (Lipinski definition) is 2. The van der Waals surface area contributed by atoms with E-state index >= 15 is 0 Å². The Morgan fingerprint density at radius 2 is 2.16 bits per heavy atom. The summed E-state index contributed by atoms with van der Waals surface area (Å²) in [5, 5.41) is 6.44. The highest BCUT2D eigenvalue weighted by Crippen LogP contribution is 2.28. The van der Waals surface area contributed by atoms with Gasteiger partial charge in [0.25, 0.3) is 0 Å². The molecule has 2 rings (SSSR count). The smallest absolute Gasteiger partial charge is 0.225 e. The molecule has 1 aromatic rings. The standard InChI is InChI=1S/C15H23N3O/c1-11-13(15(19)16-8-9-18(2)3)10-12-6-4-5-7-14(12)17-11/h4-7,11,13,17H,8-10H2,1-3H3,(H,16,19). The summed E-state index contributed by atoms with van der Waals surface area (Å²) in [7, 11) is 4.01. The first-order valence-corrected chi connectivity index (χ1v) is 6.85. The number of carbonyl (C=O) groups is 1. The Balaban J connectivity index is 1.96. The van der Waals surface area contributed by atoms with Crippen molar-refractivity contribution in [1.82, 2.24) is 10.2 Å². The van der Waals surface area contributed by atoms with Crippen LogP contribution < -0.4 is 10.6 Å². The molecule has 19 heavy (non-hydrogen) atoms. The van der Waals surface area contributed by atoms with Gasteiger partial charge < -0.3 is 15.5 Å². The summed E-state index contributed by atoms with van der Waals surface area (Å²) in [4.78, 5) is 14.3. The van der Waals surface area contributed by atoms with Crippen LogP contribution in [0.1, 0.15) is 12.5 Å². The van der Waals surface area contributed by atoms with Gasteiger partial charge in [0.05, 0.1) is 5.92 Å². The molecule has 0 radical (unpaired) electrons. The van der Waals surface area contributed by atoms with Crippen LogP contribution in [0.15, 0.2) is 24.3 Å². The van der Waals surface area contributed by atoms with E-state index < -0.39 is 0 Å². The van der Waals surface area contributed by atoms with E-state index in [4.69, 9.17) is 0 Å². The van der Waals surface area contributed by atoms with Crippen LogP contribution in [0.25, 0.3) is 0 Å². The van der Waals surface area contributed by atoms with Crippen molar-refractivity contribution < 1.29 is 4.79 Å². The number of benzene rings is 1. The van der Waals surface area contributed by atoms with Gasteiger partial charge in [0, 0.05) is 24.8 Å². The summed E-state index contributed by atoms with van der Waals surface area (Å²) in [5.74, 6) is 0.161. The number of rotatable bonds is 4. The molecule has 1 aliphatic heterocycles. The van der Waals surface area contributed by atoms with Gasteiger partial charge in [0.15, 0.2) is 0 Å². The Hall–Kier alpha value is -1.55. The zero-order chi connectivity index (χ0) is 13.8. The first kappa shape index (κ1) is 13.9. The summed E-state index contributed by atoms with van der Waals surface area (Å²) in [6.07, 6.45) is 0.818. The molecule has 1 heterocycles. The highest BCUT2D eigenvalue weighted by atomic mass is 16.1. The first-order valence-electron chi connectivity index (χ1n) is 6.85. The molecular weight excluding hydrogens is 238 g/mol. The molecule has 0 bridgehead atoms. The van der Waals surface area contributed by atoms with Gasteiger partial charge in [0.1, 0.15) is 0 Å². The van der Waals surface area contributed by atoms with Crippen LogP contribution in [-0.2, 0) is 11.2 Å². The molecule has 0 fully saturated rings. The molecule has 0 aliphatic carbocycles. The van der Waals surface area contributed by atoms with Gasteiger partial charge in [-0.05, 0) is 39.1 Å². The van der Waals surface area contributed by atoms with Crippen molar-refractivity contribution in [3.8, 4) is 0 Å². The van der Waals surface area contributed by atoms with Crippen molar-refractivity contribution in [2.24, 2.45) is 5.92 Å². The molecule has 104 valence electrons. The normalized spacial score (nSPS) is 21.7. The Morgan fingerprint density at radius 1 is 1.42 bits per heavy atom. The molecule has 1 aliphatic rings. The summed E-state index contributed by atoms with van der Waals surface area (Å²) >= 11 is 0. The number of hydrogen-bond acceptors (Lipinski definition) is 3. The molecule has 0 spiro atoms. The minimum absolute atomic E-state index is 0.0112. The number of nitrogens with one attached hydrogen (secondary N) is 2. The minimum Gasteiger partial charge on any atom is -0.382 e. The van der Waals surface area contributed by atoms with E-state index in [0.717, 1.165) is 18.7 Å². The summed E-state index contributed by atoms with van der Waals surface area (Å²) in [6.45, 7) is 3.65. The van der Waals surface area contributed by atoms with Crippen molar-refractivity contribution in [3.05, 3.63) is 29.8 Å². The largest absolute Gasteiger partial charge is 0.382 e. The Morgan fingerprint density at radius 3 is 2.89 bits per heavy atom. The van der Waals surface area contributed by atoms with Crippen LogP contribution in [-0.4, -0.2) is 44.0 Å². The minimum atomic E-state index is 0.0112. The summed E-state index contributed by atoms with van der Waals surface area (Å²) < 4.78 is 0. The second-order valence-electron chi connectivity index (χ2n) is 5.50. The van der Waals surface area contributed by atoms with Crippen LogP contribution in [0.3, 0.4) is 0 Å². The number of para-hydroxylation sites is 1. The topological polar surface area (TPSA) is 44.4 Å². The summed E-state index contributed by atoms with van der Waals surface area (Å²) in [5.41, 5.74) is 2.39. The van der Waals surface area contributed by atoms with Gasteiger partial charge in [-0.1, -0.05) is 18.2 Å². The second-order valence-corrected chi connectivity index (χ2v) is 5.50. The van der Waals surface area contributed by atoms with Gasteiger partial charge in [-0.25, -0.2) is 0 Å². The van der Waals surface area contributed by atoms with Crippen molar-refractivity contribution in [3.63, 3.8) is 0 Å². The van der Waals surface area contributed by atoms with Gasteiger partial charge in [-0.2, -0.15) is 0 Å². The predicted molar refractivity (Wildman–Crippen MR) is 78.3 cm³/mol. The third-order valence-corrected chi connectivity index (χ3v) is 3.64. The molecule has 2 atom stereocenters. The zero-order valence-corrected chi connectivity index (χ0v) is 11.9. The lowest BCUT2D eigenvalue weighted by Crippen LogP contribution is -2.44. The fourth-order valence-corrected chi connectivity index (χ4v) is 2.45. The highest BCUT2D eigenvalue weighted by Gasteiger charge is 2.29. The van der Waals surface area contributed by atoms with E-state index in [9.17, 15) is 4.79 Å². The van der Waals surface area contributed by atoms with E-state index in [1.54, 1.807) is 0 Å². The molecule has 1 aromatic carbocycles. The Labute approximate surface area is 115 Å². The van der Waals surface area contributed by atoms with E-state index in [1.807, 2.05) is 26.2 Å². The number of carbonyl (C=O) groups excluding carboxylic acids is 1. The SMILES string of the molecule is CC1Nc2ccccc2CC1C(=O)NCCN(C)C. The third-order valence-electron chi connectivity index (χ3n) is 3.64. The van der Waals surface area contributed by atoms with Crippen molar-refractivity contribution in [2.75, 3.05) is 32.5 Å². The van der Waals surface area contributed by atoms with E-state index in [1.165, 1.54) is 5.56 Å². The van der Waals surface area contributed by atoms with Gasteiger partial charge in [-0.15, -0.1) is 0 Å². The van der Waals surface area contributed by atoms with E-state index in [-0.39, 0.29) is 17.9 Å². The van der Waals surface area contributed by atoms with E-state index in [0.29, 0.717) is 6.54 Å². The van der Waals surface area contributed by atoms with Crippen molar-refractivity contribution >= 4 is 11.6 Å². The van der Waals surface area contributed by atoms with Gasteiger partial charge in [0.2, 0.25) is 5.91 Å². The molecule has 4 nitrogen and oxygen atoms in total. The van der Waals surface area contributed by atoms with Crippen molar-refractivity contribution in [1.29, 1.82) is 0 Å². The van der Waals surface area contributed by atoms with Crippen LogP contribution in [0.2, 0.25) is 0 Å². The maximum absolute atomic E-state index is 12.2. The molecule has 2 unspecified atom stereocenters.